The van der Waals surface area contributed by atoms with Gasteiger partial charge < -0.3 is 10.2 Å². The summed E-state index contributed by atoms with van der Waals surface area (Å²) in [5, 5.41) is 6.41. The van der Waals surface area contributed by atoms with Crippen molar-refractivity contribution >= 4 is 45.7 Å². The van der Waals surface area contributed by atoms with Crippen LogP contribution < -0.4 is 10.6 Å². The van der Waals surface area contributed by atoms with Crippen molar-refractivity contribution in [1.29, 1.82) is 0 Å². The Kier molecular flexibility index (Phi) is 7.04. The monoisotopic (exact) mass is 469 g/mol. The standard InChI is InChI=1S/C23H24ClN5O2S/c1-16-20(32-23(25-16)27-22(31)26-19-9-7-18(24)8-10-19)21(30)29-13-11-28(12-14-29)15-17-5-3-2-4-6-17/h2-10H,11-15H2,1H3,(H2,25,26,27,31). The van der Waals surface area contributed by atoms with E-state index < -0.39 is 6.03 Å². The molecular formula is C23H24ClN5O2S. The van der Waals surface area contributed by atoms with Crippen LogP contribution in [0.1, 0.15) is 20.9 Å². The zero-order chi connectivity index (χ0) is 22.5. The van der Waals surface area contributed by atoms with Crippen molar-refractivity contribution in [1.82, 2.24) is 14.8 Å². The molecular weight excluding hydrogens is 446 g/mol. The number of amides is 3. The molecule has 9 heteroatoms. The van der Waals surface area contributed by atoms with Crippen molar-refractivity contribution in [3.63, 3.8) is 0 Å². The number of hydrogen-bond acceptors (Lipinski definition) is 5. The van der Waals surface area contributed by atoms with Crippen LogP contribution in [0.15, 0.2) is 54.6 Å². The van der Waals surface area contributed by atoms with Crippen molar-refractivity contribution in [3.05, 3.63) is 75.8 Å². The van der Waals surface area contributed by atoms with Gasteiger partial charge in [0.1, 0.15) is 4.88 Å². The minimum absolute atomic E-state index is 0.0366. The summed E-state index contributed by atoms with van der Waals surface area (Å²) in [5.74, 6) is -0.0366. The molecule has 3 aromatic rings. The Hall–Kier alpha value is -2.94. The molecule has 0 radical (unpaired) electrons. The molecule has 1 saturated heterocycles. The smallest absolute Gasteiger partial charge is 0.325 e. The summed E-state index contributed by atoms with van der Waals surface area (Å²) in [4.78, 5) is 34.4. The fourth-order valence-electron chi connectivity index (χ4n) is 3.54. The number of anilines is 2. The third kappa shape index (κ3) is 5.64. The lowest BCUT2D eigenvalue weighted by Crippen LogP contribution is -2.48. The average Bonchev–Trinajstić information content (AvgIpc) is 3.15. The molecule has 1 fully saturated rings. The van der Waals surface area contributed by atoms with Crippen LogP contribution in [-0.2, 0) is 6.54 Å². The normalized spacial score (nSPS) is 14.2. The molecule has 2 heterocycles. The summed E-state index contributed by atoms with van der Waals surface area (Å²) >= 11 is 7.06. The Bertz CT molecular complexity index is 1080. The molecule has 4 rings (SSSR count). The number of nitrogens with zero attached hydrogens (tertiary/aromatic N) is 3. The highest BCUT2D eigenvalue weighted by molar-refractivity contribution is 7.17. The Morgan fingerprint density at radius 2 is 1.69 bits per heavy atom. The molecule has 1 aromatic heterocycles. The van der Waals surface area contributed by atoms with E-state index >= 15 is 0 Å². The summed E-state index contributed by atoms with van der Waals surface area (Å²) in [7, 11) is 0. The summed E-state index contributed by atoms with van der Waals surface area (Å²) in [5.41, 5.74) is 2.51. The Morgan fingerprint density at radius 1 is 1.00 bits per heavy atom. The van der Waals surface area contributed by atoms with Crippen molar-refractivity contribution in [3.8, 4) is 0 Å². The molecule has 0 unspecified atom stereocenters. The zero-order valence-corrected chi connectivity index (χ0v) is 19.2. The van der Waals surface area contributed by atoms with E-state index in [1.165, 1.54) is 16.9 Å². The number of halogens is 1. The average molecular weight is 470 g/mol. The summed E-state index contributed by atoms with van der Waals surface area (Å²) < 4.78 is 0. The van der Waals surface area contributed by atoms with Crippen molar-refractivity contribution in [2.75, 3.05) is 36.8 Å². The van der Waals surface area contributed by atoms with Gasteiger partial charge in [-0.2, -0.15) is 0 Å². The largest absolute Gasteiger partial charge is 0.335 e. The number of carbonyl (C=O) groups excluding carboxylic acids is 2. The first-order valence-electron chi connectivity index (χ1n) is 10.3. The molecule has 1 aliphatic heterocycles. The van der Waals surface area contributed by atoms with Gasteiger partial charge in [0.15, 0.2) is 5.13 Å². The molecule has 32 heavy (non-hydrogen) atoms. The molecule has 0 bridgehead atoms. The van der Waals surface area contributed by atoms with Crippen LogP contribution in [-0.4, -0.2) is 52.9 Å². The highest BCUT2D eigenvalue weighted by Crippen LogP contribution is 2.25. The number of aromatic nitrogens is 1. The van der Waals surface area contributed by atoms with Crippen LogP contribution in [0.3, 0.4) is 0 Å². The van der Waals surface area contributed by atoms with E-state index in [4.69, 9.17) is 11.6 Å². The maximum absolute atomic E-state index is 13.0. The van der Waals surface area contributed by atoms with Gasteiger partial charge in [-0.05, 0) is 36.8 Å². The van der Waals surface area contributed by atoms with E-state index in [0.717, 1.165) is 19.6 Å². The predicted molar refractivity (Wildman–Crippen MR) is 129 cm³/mol. The number of nitrogens with one attached hydrogen (secondary N) is 2. The minimum atomic E-state index is -0.422. The first-order valence-corrected chi connectivity index (χ1v) is 11.5. The third-order valence-electron chi connectivity index (χ3n) is 5.22. The molecule has 2 N–H and O–H groups in total. The first kappa shape index (κ1) is 22.3. The SMILES string of the molecule is Cc1nc(NC(=O)Nc2ccc(Cl)cc2)sc1C(=O)N1CCN(Cc2ccccc2)CC1. The highest BCUT2D eigenvalue weighted by atomic mass is 35.5. The number of benzene rings is 2. The fourth-order valence-corrected chi connectivity index (χ4v) is 4.59. The number of aryl methyl sites for hydroxylation is 1. The van der Waals surface area contributed by atoms with Crippen LogP contribution in [0.2, 0.25) is 5.02 Å². The van der Waals surface area contributed by atoms with E-state index in [2.05, 4.69) is 32.7 Å². The lowest BCUT2D eigenvalue weighted by molar-refractivity contribution is 0.0632. The van der Waals surface area contributed by atoms with Gasteiger partial charge in [-0.15, -0.1) is 0 Å². The van der Waals surface area contributed by atoms with Crippen molar-refractivity contribution < 1.29 is 9.59 Å². The molecule has 1 aliphatic rings. The lowest BCUT2D eigenvalue weighted by atomic mass is 10.2. The lowest BCUT2D eigenvalue weighted by Gasteiger charge is -2.34. The molecule has 0 saturated carbocycles. The van der Waals surface area contributed by atoms with Crippen LogP contribution in [0.25, 0.3) is 0 Å². The number of piperazine rings is 1. The van der Waals surface area contributed by atoms with Crippen LogP contribution in [0, 0.1) is 6.92 Å². The second-order valence-electron chi connectivity index (χ2n) is 7.57. The number of carbonyl (C=O) groups is 2. The number of rotatable bonds is 5. The van der Waals surface area contributed by atoms with Gasteiger partial charge in [0.2, 0.25) is 0 Å². The van der Waals surface area contributed by atoms with Crippen LogP contribution in [0.5, 0.6) is 0 Å². The number of thiazole rings is 1. The Balaban J connectivity index is 1.31. The van der Waals surface area contributed by atoms with Gasteiger partial charge in [0.05, 0.1) is 5.69 Å². The topological polar surface area (TPSA) is 77.6 Å². The fraction of sp³-hybridized carbons (Fsp3) is 0.261. The Labute approximate surface area is 196 Å². The van der Waals surface area contributed by atoms with Crippen LogP contribution >= 0.6 is 22.9 Å². The van der Waals surface area contributed by atoms with E-state index in [0.29, 0.717) is 39.5 Å². The van der Waals surface area contributed by atoms with Crippen molar-refractivity contribution in [2.45, 2.75) is 13.5 Å². The van der Waals surface area contributed by atoms with Gasteiger partial charge in [0, 0.05) is 43.4 Å². The van der Waals surface area contributed by atoms with E-state index in [9.17, 15) is 9.59 Å². The Morgan fingerprint density at radius 3 is 2.38 bits per heavy atom. The molecule has 0 spiro atoms. The molecule has 0 atom stereocenters. The van der Waals surface area contributed by atoms with Gasteiger partial charge in [0.25, 0.3) is 5.91 Å². The maximum Gasteiger partial charge on any atom is 0.325 e. The van der Waals surface area contributed by atoms with Gasteiger partial charge in [-0.3, -0.25) is 15.0 Å². The quantitative estimate of drug-likeness (QED) is 0.567. The van der Waals surface area contributed by atoms with E-state index in [1.54, 1.807) is 31.2 Å². The van der Waals surface area contributed by atoms with Gasteiger partial charge >= 0.3 is 6.03 Å². The maximum atomic E-state index is 13.0. The number of hydrogen-bond donors (Lipinski definition) is 2. The van der Waals surface area contributed by atoms with E-state index in [1.807, 2.05) is 23.1 Å². The van der Waals surface area contributed by atoms with Gasteiger partial charge in [-0.1, -0.05) is 53.3 Å². The molecule has 166 valence electrons. The second kappa shape index (κ2) is 10.1. The summed E-state index contributed by atoms with van der Waals surface area (Å²) in [6.45, 7) is 5.67. The molecule has 3 amide bonds. The molecule has 0 aliphatic carbocycles. The zero-order valence-electron chi connectivity index (χ0n) is 17.7. The van der Waals surface area contributed by atoms with Gasteiger partial charge in [-0.25, -0.2) is 9.78 Å². The highest BCUT2D eigenvalue weighted by Gasteiger charge is 2.25. The van der Waals surface area contributed by atoms with Crippen molar-refractivity contribution in [2.24, 2.45) is 0 Å². The summed E-state index contributed by atoms with van der Waals surface area (Å²) in [6.07, 6.45) is 0. The molecule has 7 nitrogen and oxygen atoms in total. The third-order valence-corrected chi connectivity index (χ3v) is 6.53. The number of urea groups is 1. The second-order valence-corrected chi connectivity index (χ2v) is 9.01. The minimum Gasteiger partial charge on any atom is -0.335 e. The van der Waals surface area contributed by atoms with E-state index in [-0.39, 0.29) is 5.91 Å². The first-order chi connectivity index (χ1) is 15.5. The molecule has 2 aromatic carbocycles. The predicted octanol–water partition coefficient (Wildman–Crippen LogP) is 4.71. The van der Waals surface area contributed by atoms with Crippen LogP contribution in [0.4, 0.5) is 15.6 Å². The summed E-state index contributed by atoms with van der Waals surface area (Å²) in [6, 6.07) is 16.7.